The lowest BCUT2D eigenvalue weighted by Gasteiger charge is -2.29. The molecule has 1 aliphatic carbocycles. The van der Waals surface area contributed by atoms with Crippen LogP contribution in [0.3, 0.4) is 0 Å². The van der Waals surface area contributed by atoms with Gasteiger partial charge in [0.25, 0.3) is 5.91 Å². The molecule has 7 heteroatoms. The number of anilines is 1. The Bertz CT molecular complexity index is 900. The number of carbonyl (C=O) groups is 2. The molecule has 6 nitrogen and oxygen atoms in total. The Morgan fingerprint density at radius 1 is 1.25 bits per heavy atom. The summed E-state index contributed by atoms with van der Waals surface area (Å²) in [5.74, 6) is -1.40. The summed E-state index contributed by atoms with van der Waals surface area (Å²) in [6, 6.07) is 6.30. The van der Waals surface area contributed by atoms with Gasteiger partial charge in [-0.1, -0.05) is 31.0 Å². The zero-order chi connectivity index (χ0) is 20.5. The first-order chi connectivity index (χ1) is 13.3. The van der Waals surface area contributed by atoms with Crippen molar-refractivity contribution >= 4 is 17.6 Å². The lowest BCUT2D eigenvalue weighted by atomic mass is 9.78. The largest absolute Gasteiger partial charge is 0.452 e. The zero-order valence-corrected chi connectivity index (χ0v) is 16.7. The lowest BCUT2D eigenvalue weighted by Crippen LogP contribution is -2.40. The van der Waals surface area contributed by atoms with Gasteiger partial charge in [0.05, 0.1) is 22.5 Å². The summed E-state index contributed by atoms with van der Waals surface area (Å²) in [5, 5.41) is 7.05. The number of nitrogens with one attached hydrogen (secondary N) is 1. The van der Waals surface area contributed by atoms with E-state index in [0.29, 0.717) is 29.8 Å². The number of aryl methyl sites for hydroxylation is 2. The predicted molar refractivity (Wildman–Crippen MR) is 103 cm³/mol. The number of aromatic nitrogens is 2. The summed E-state index contributed by atoms with van der Waals surface area (Å²) < 4.78 is 21.6. The Kier molecular flexibility index (Phi) is 5.54. The van der Waals surface area contributed by atoms with Crippen molar-refractivity contribution in [3.63, 3.8) is 0 Å². The highest BCUT2D eigenvalue weighted by Crippen LogP contribution is 2.43. The first-order valence-corrected chi connectivity index (χ1v) is 9.53. The second kappa shape index (κ2) is 7.73. The standard InChI is InChI=1S/C21H26FN3O3/c1-13-18(14(2)25(4)24-13)23-19(26)15(3)28-20(27)21(11-7-8-12-21)16-9-5-6-10-17(16)22/h5-6,9-10,15H,7-8,11-12H2,1-4H3,(H,23,26)/t15-/m1/s1. The Morgan fingerprint density at radius 3 is 2.46 bits per heavy atom. The molecule has 2 aromatic rings. The third-order valence-electron chi connectivity index (χ3n) is 5.65. The molecular weight excluding hydrogens is 361 g/mol. The highest BCUT2D eigenvalue weighted by atomic mass is 19.1. The van der Waals surface area contributed by atoms with Gasteiger partial charge in [-0.15, -0.1) is 0 Å². The first kappa shape index (κ1) is 20.0. The van der Waals surface area contributed by atoms with Gasteiger partial charge in [0.2, 0.25) is 0 Å². The number of benzene rings is 1. The Morgan fingerprint density at radius 2 is 1.89 bits per heavy atom. The average molecular weight is 387 g/mol. The number of esters is 1. The third kappa shape index (κ3) is 3.53. The van der Waals surface area contributed by atoms with Gasteiger partial charge in [-0.25, -0.2) is 4.39 Å². The van der Waals surface area contributed by atoms with E-state index in [-0.39, 0.29) is 0 Å². The number of amides is 1. The molecule has 1 saturated carbocycles. The fourth-order valence-corrected chi connectivity index (χ4v) is 3.92. The van der Waals surface area contributed by atoms with Crippen molar-refractivity contribution in [3.05, 3.63) is 47.0 Å². The SMILES string of the molecule is Cc1nn(C)c(C)c1NC(=O)[C@@H](C)OC(=O)C1(c2ccccc2F)CCCC1. The molecule has 1 amide bonds. The van der Waals surface area contributed by atoms with E-state index in [4.69, 9.17) is 4.74 Å². The van der Waals surface area contributed by atoms with Gasteiger partial charge in [-0.3, -0.25) is 14.3 Å². The molecule has 1 atom stereocenters. The van der Waals surface area contributed by atoms with Crippen LogP contribution in [0.1, 0.15) is 49.6 Å². The molecule has 1 aliphatic rings. The molecule has 1 fully saturated rings. The van der Waals surface area contributed by atoms with Gasteiger partial charge in [-0.05, 0) is 39.7 Å². The van der Waals surface area contributed by atoms with Crippen LogP contribution in [0.5, 0.6) is 0 Å². The number of rotatable bonds is 5. The second-order valence-electron chi connectivity index (χ2n) is 7.48. The van der Waals surface area contributed by atoms with Crippen LogP contribution < -0.4 is 5.32 Å². The van der Waals surface area contributed by atoms with Gasteiger partial charge in [0.15, 0.2) is 6.10 Å². The van der Waals surface area contributed by atoms with Crippen LogP contribution in [0.2, 0.25) is 0 Å². The maximum Gasteiger partial charge on any atom is 0.317 e. The number of hydrogen-bond acceptors (Lipinski definition) is 4. The highest BCUT2D eigenvalue weighted by Gasteiger charge is 2.46. The molecule has 0 aliphatic heterocycles. The van der Waals surface area contributed by atoms with Gasteiger partial charge >= 0.3 is 5.97 Å². The van der Waals surface area contributed by atoms with Gasteiger partial charge in [0.1, 0.15) is 5.82 Å². The van der Waals surface area contributed by atoms with E-state index in [2.05, 4.69) is 10.4 Å². The van der Waals surface area contributed by atoms with Gasteiger partial charge in [-0.2, -0.15) is 5.10 Å². The summed E-state index contributed by atoms with van der Waals surface area (Å²) in [6.45, 7) is 5.17. The molecule has 0 unspecified atom stereocenters. The maximum atomic E-state index is 14.4. The summed E-state index contributed by atoms with van der Waals surface area (Å²) >= 11 is 0. The van der Waals surface area contributed by atoms with E-state index in [0.717, 1.165) is 18.5 Å². The topological polar surface area (TPSA) is 73.2 Å². The number of halogens is 1. The fourth-order valence-electron chi connectivity index (χ4n) is 3.92. The van der Waals surface area contributed by atoms with E-state index in [9.17, 15) is 14.0 Å². The van der Waals surface area contributed by atoms with Gasteiger partial charge < -0.3 is 10.1 Å². The average Bonchev–Trinajstić information content (AvgIpc) is 3.24. The number of ether oxygens (including phenoxy) is 1. The van der Waals surface area contributed by atoms with E-state index in [1.807, 2.05) is 6.92 Å². The fraction of sp³-hybridized carbons (Fsp3) is 0.476. The smallest absolute Gasteiger partial charge is 0.317 e. The van der Waals surface area contributed by atoms with Crippen molar-refractivity contribution < 1.29 is 18.7 Å². The summed E-state index contributed by atoms with van der Waals surface area (Å²) in [4.78, 5) is 25.6. The number of carbonyl (C=O) groups excluding carboxylic acids is 2. The van der Waals surface area contributed by atoms with Crippen LogP contribution in [0.25, 0.3) is 0 Å². The van der Waals surface area contributed by atoms with Crippen LogP contribution in [-0.2, 0) is 26.8 Å². The minimum Gasteiger partial charge on any atom is -0.452 e. The van der Waals surface area contributed by atoms with Crippen LogP contribution in [0.4, 0.5) is 10.1 Å². The third-order valence-corrected chi connectivity index (χ3v) is 5.65. The summed E-state index contributed by atoms with van der Waals surface area (Å²) in [5.41, 5.74) is 1.43. The van der Waals surface area contributed by atoms with E-state index in [1.54, 1.807) is 36.9 Å². The highest BCUT2D eigenvalue weighted by molar-refractivity contribution is 5.96. The minimum absolute atomic E-state index is 0.351. The molecule has 1 aromatic carbocycles. The van der Waals surface area contributed by atoms with Gasteiger partial charge in [0, 0.05) is 12.6 Å². The molecule has 3 rings (SSSR count). The monoisotopic (exact) mass is 387 g/mol. The molecule has 28 heavy (non-hydrogen) atoms. The molecule has 1 aromatic heterocycles. The van der Waals surface area contributed by atoms with Crippen molar-refractivity contribution in [2.75, 3.05) is 5.32 Å². The molecule has 0 bridgehead atoms. The zero-order valence-electron chi connectivity index (χ0n) is 16.7. The number of nitrogens with zero attached hydrogens (tertiary/aromatic N) is 2. The Labute approximate surface area is 164 Å². The quantitative estimate of drug-likeness (QED) is 0.796. The normalized spacial score (nSPS) is 16.6. The first-order valence-electron chi connectivity index (χ1n) is 9.53. The molecule has 0 radical (unpaired) electrons. The van der Waals surface area contributed by atoms with Crippen LogP contribution in [0, 0.1) is 19.7 Å². The molecule has 150 valence electrons. The molecular formula is C21H26FN3O3. The van der Waals surface area contributed by atoms with Crippen LogP contribution in [0.15, 0.2) is 24.3 Å². The molecule has 1 N–H and O–H groups in total. The van der Waals surface area contributed by atoms with E-state index < -0.39 is 29.2 Å². The minimum atomic E-state index is -1.03. The maximum absolute atomic E-state index is 14.4. The summed E-state index contributed by atoms with van der Waals surface area (Å²) in [6.07, 6.45) is 1.66. The molecule has 1 heterocycles. The lowest BCUT2D eigenvalue weighted by molar-refractivity contribution is -0.159. The van der Waals surface area contributed by atoms with Crippen molar-refractivity contribution in [2.45, 2.75) is 58.0 Å². The summed E-state index contributed by atoms with van der Waals surface area (Å²) in [7, 11) is 1.79. The van der Waals surface area contributed by atoms with Crippen molar-refractivity contribution in [1.29, 1.82) is 0 Å². The van der Waals surface area contributed by atoms with Crippen LogP contribution in [-0.4, -0.2) is 27.8 Å². The predicted octanol–water partition coefficient (Wildman–Crippen LogP) is 3.56. The second-order valence-corrected chi connectivity index (χ2v) is 7.48. The number of hydrogen-bond donors (Lipinski definition) is 1. The Balaban J connectivity index is 1.77. The Hall–Kier alpha value is -2.70. The van der Waals surface area contributed by atoms with Crippen molar-refractivity contribution in [2.24, 2.45) is 7.05 Å². The van der Waals surface area contributed by atoms with Crippen molar-refractivity contribution in [1.82, 2.24) is 9.78 Å². The van der Waals surface area contributed by atoms with E-state index >= 15 is 0 Å². The van der Waals surface area contributed by atoms with E-state index in [1.165, 1.54) is 13.0 Å². The van der Waals surface area contributed by atoms with Crippen molar-refractivity contribution in [3.8, 4) is 0 Å². The molecule has 0 spiro atoms. The van der Waals surface area contributed by atoms with Crippen LogP contribution >= 0.6 is 0 Å². The molecule has 0 saturated heterocycles.